The Kier molecular flexibility index (Phi) is 8.12. The Morgan fingerprint density at radius 3 is 2.52 bits per heavy atom. The molecule has 2 rings (SSSR count). The van der Waals surface area contributed by atoms with Gasteiger partial charge in [0.05, 0.1) is 11.3 Å². The normalized spacial score (nSPS) is 13.3. The second-order valence-corrected chi connectivity index (χ2v) is 8.27. The molecule has 178 valence electrons. The number of anilines is 2. The summed E-state index contributed by atoms with van der Waals surface area (Å²) in [6, 6.07) is 4.77. The van der Waals surface area contributed by atoms with Crippen molar-refractivity contribution in [3.8, 4) is 11.8 Å². The van der Waals surface area contributed by atoms with E-state index >= 15 is 0 Å². The van der Waals surface area contributed by atoms with E-state index in [0.29, 0.717) is 6.54 Å². The second kappa shape index (κ2) is 10.2. The van der Waals surface area contributed by atoms with Crippen molar-refractivity contribution in [2.24, 2.45) is 5.73 Å². The van der Waals surface area contributed by atoms with Crippen molar-refractivity contribution in [1.82, 2.24) is 14.9 Å². The minimum Gasteiger partial charge on any atom is -0.492 e. The summed E-state index contributed by atoms with van der Waals surface area (Å²) in [7, 11) is 3.59. The predicted octanol–water partition coefficient (Wildman–Crippen LogP) is 2.42. The summed E-state index contributed by atoms with van der Waals surface area (Å²) in [5.41, 5.74) is 8.59. The Morgan fingerprint density at radius 1 is 1.30 bits per heavy atom. The largest absolute Gasteiger partial charge is 0.492 e. The van der Waals surface area contributed by atoms with Gasteiger partial charge in [0.25, 0.3) is 0 Å². The van der Waals surface area contributed by atoms with Gasteiger partial charge in [-0.1, -0.05) is 0 Å². The van der Waals surface area contributed by atoms with Gasteiger partial charge in [0.2, 0.25) is 11.9 Å². The highest BCUT2D eigenvalue weighted by Gasteiger charge is 2.37. The van der Waals surface area contributed by atoms with E-state index in [1.165, 1.54) is 13.0 Å². The maximum absolute atomic E-state index is 13.4. The highest BCUT2D eigenvalue weighted by Crippen LogP contribution is 2.35. The lowest BCUT2D eigenvalue weighted by Crippen LogP contribution is -2.47. The monoisotopic (exact) mass is 483 g/mol. The Bertz CT molecular complexity index is 1070. The van der Waals surface area contributed by atoms with Crippen LogP contribution in [0.2, 0.25) is 0 Å². The molecular formula is C20H24F3N7O2S. The zero-order valence-corrected chi connectivity index (χ0v) is 19.3. The van der Waals surface area contributed by atoms with Gasteiger partial charge in [-0.3, -0.25) is 4.79 Å². The molecule has 0 fully saturated rings. The smallest absolute Gasteiger partial charge is 0.416 e. The van der Waals surface area contributed by atoms with Gasteiger partial charge in [0, 0.05) is 18.3 Å². The van der Waals surface area contributed by atoms with Gasteiger partial charge in [-0.25, -0.2) is 9.97 Å². The molecule has 0 radical (unpaired) electrons. The number of nitriles is 1. The number of alkyl halides is 3. The molecule has 0 aliphatic rings. The third-order valence-corrected chi connectivity index (χ3v) is 5.14. The number of nitrogens with one attached hydrogen (secondary N) is 1. The van der Waals surface area contributed by atoms with Crippen molar-refractivity contribution >= 4 is 29.3 Å². The summed E-state index contributed by atoms with van der Waals surface area (Å²) >= 11 is 1.11. The first-order valence-electron chi connectivity index (χ1n) is 9.51. The molecule has 5 N–H and O–H groups in total. The number of halogens is 3. The van der Waals surface area contributed by atoms with Crippen LogP contribution < -0.4 is 21.5 Å². The Balaban J connectivity index is 2.42. The third-order valence-electron chi connectivity index (χ3n) is 4.46. The van der Waals surface area contributed by atoms with Gasteiger partial charge in [-0.15, -0.1) is 11.8 Å². The lowest BCUT2D eigenvalue weighted by atomic mass is 9.94. The first-order valence-corrected chi connectivity index (χ1v) is 10.7. The molecule has 0 aliphatic carbocycles. The number of benzene rings is 1. The van der Waals surface area contributed by atoms with Gasteiger partial charge in [-0.2, -0.15) is 18.4 Å². The van der Waals surface area contributed by atoms with Crippen LogP contribution in [0.5, 0.6) is 5.75 Å². The second-order valence-electron chi connectivity index (χ2n) is 7.48. The number of nitrogens with two attached hydrogens (primary N) is 2. The van der Waals surface area contributed by atoms with E-state index in [1.807, 2.05) is 6.07 Å². The fourth-order valence-electron chi connectivity index (χ4n) is 2.71. The number of amides is 1. The van der Waals surface area contributed by atoms with Crippen LogP contribution in [0.15, 0.2) is 23.2 Å². The Morgan fingerprint density at radius 2 is 1.97 bits per heavy atom. The Hall–Kier alpha value is -3.08. The number of likely N-dealkylation sites (N-methyl/N-ethyl adjacent to an activating group) is 1. The van der Waals surface area contributed by atoms with Crippen molar-refractivity contribution in [3.63, 3.8) is 0 Å². The molecule has 0 spiro atoms. The molecule has 2 aromatic rings. The summed E-state index contributed by atoms with van der Waals surface area (Å²) in [6.45, 7) is 1.89. The summed E-state index contributed by atoms with van der Waals surface area (Å²) in [6.07, 6.45) is -3.02. The molecule has 1 atom stereocenters. The maximum Gasteiger partial charge on any atom is 0.416 e. The molecule has 0 saturated carbocycles. The van der Waals surface area contributed by atoms with E-state index in [2.05, 4.69) is 15.3 Å². The van der Waals surface area contributed by atoms with Crippen LogP contribution in [-0.4, -0.2) is 54.3 Å². The van der Waals surface area contributed by atoms with Gasteiger partial charge < -0.3 is 26.4 Å². The van der Waals surface area contributed by atoms with Gasteiger partial charge in [0.1, 0.15) is 34.6 Å². The average molecular weight is 484 g/mol. The highest BCUT2D eigenvalue weighted by molar-refractivity contribution is 7.98. The number of carbonyl (C=O) groups is 1. The minimum atomic E-state index is -4.67. The average Bonchev–Trinajstić information content (AvgIpc) is 2.71. The van der Waals surface area contributed by atoms with E-state index < -0.39 is 23.2 Å². The van der Waals surface area contributed by atoms with E-state index in [0.717, 1.165) is 23.9 Å². The topological polar surface area (TPSA) is 143 Å². The van der Waals surface area contributed by atoms with Gasteiger partial charge in [0.15, 0.2) is 0 Å². The number of hydrogen-bond acceptors (Lipinski definition) is 9. The first-order chi connectivity index (χ1) is 15.3. The van der Waals surface area contributed by atoms with E-state index in [-0.39, 0.29) is 40.3 Å². The predicted molar refractivity (Wildman–Crippen MR) is 119 cm³/mol. The number of nitrogen functional groups attached to an aromatic ring is 1. The summed E-state index contributed by atoms with van der Waals surface area (Å²) in [4.78, 5) is 22.7. The fourth-order valence-corrected chi connectivity index (χ4v) is 3.24. The van der Waals surface area contributed by atoms with Crippen LogP contribution in [0, 0.1) is 11.3 Å². The summed E-state index contributed by atoms with van der Waals surface area (Å²) in [5.74, 6) is -1.18. The molecule has 0 bridgehead atoms. The van der Waals surface area contributed by atoms with Crippen molar-refractivity contribution < 1.29 is 22.7 Å². The quantitative estimate of drug-likeness (QED) is 0.381. The number of nitrogens with zero attached hydrogens (tertiary/aromatic N) is 4. The Labute approximate surface area is 193 Å². The number of ether oxygens (including phenoxy) is 1. The fraction of sp³-hybridized carbons (Fsp3) is 0.400. The van der Waals surface area contributed by atoms with Crippen molar-refractivity contribution in [2.45, 2.75) is 23.7 Å². The van der Waals surface area contributed by atoms with E-state index in [9.17, 15) is 23.2 Å². The summed E-state index contributed by atoms with van der Waals surface area (Å²) in [5, 5.41) is 12.1. The molecule has 0 unspecified atom stereocenters. The molecule has 33 heavy (non-hydrogen) atoms. The number of rotatable bonds is 8. The lowest BCUT2D eigenvalue weighted by molar-refractivity contribution is -0.137. The highest BCUT2D eigenvalue weighted by atomic mass is 32.2. The minimum absolute atomic E-state index is 0.0476. The van der Waals surface area contributed by atoms with E-state index in [1.54, 1.807) is 25.3 Å². The molecule has 13 heteroatoms. The number of carbonyl (C=O) groups excluding carboxylic acids is 1. The maximum atomic E-state index is 13.4. The number of thioether (sulfide) groups is 1. The molecular weight excluding hydrogens is 459 g/mol. The zero-order chi connectivity index (χ0) is 25.0. The van der Waals surface area contributed by atoms with Crippen molar-refractivity contribution in [2.75, 3.05) is 44.6 Å². The molecule has 0 aliphatic heterocycles. The van der Waals surface area contributed by atoms with Crippen LogP contribution in [-0.2, 0) is 16.5 Å². The van der Waals surface area contributed by atoms with Crippen LogP contribution in [0.3, 0.4) is 0 Å². The lowest BCUT2D eigenvalue weighted by Gasteiger charge is -2.25. The molecule has 0 saturated heterocycles. The molecule has 1 aromatic heterocycles. The van der Waals surface area contributed by atoms with Crippen LogP contribution in [0.1, 0.15) is 23.7 Å². The van der Waals surface area contributed by atoms with Crippen LogP contribution in [0.4, 0.5) is 24.8 Å². The zero-order valence-electron chi connectivity index (χ0n) is 18.4. The molecule has 1 heterocycles. The van der Waals surface area contributed by atoms with Gasteiger partial charge >= 0.3 is 6.18 Å². The molecule has 9 nitrogen and oxygen atoms in total. The number of hydrogen-bond donors (Lipinski definition) is 3. The van der Waals surface area contributed by atoms with E-state index in [4.69, 9.17) is 16.2 Å². The molecule has 1 aromatic carbocycles. The van der Waals surface area contributed by atoms with Crippen LogP contribution >= 0.6 is 11.8 Å². The first kappa shape index (κ1) is 26.2. The number of aromatic nitrogens is 2. The molecule has 1 amide bonds. The van der Waals surface area contributed by atoms with Crippen molar-refractivity contribution in [1.29, 1.82) is 5.26 Å². The van der Waals surface area contributed by atoms with Crippen molar-refractivity contribution in [3.05, 3.63) is 35.0 Å². The van der Waals surface area contributed by atoms with Crippen LogP contribution in [0.25, 0.3) is 0 Å². The van der Waals surface area contributed by atoms with Gasteiger partial charge in [-0.05, 0) is 39.4 Å². The SMILES string of the molecule is CSc1nc(N)nc([C@@](C)(N)C(=O)Nc2cc(OCCN(C)C)cc(C(F)(F)F)c2)c1C#N. The standard InChI is InChI=1S/C20H24F3N7O2S/c1-19(26,15-14(10-24)16(33-4)29-18(25)28-15)17(31)27-12-7-11(20(21,22)23)8-13(9-12)32-6-5-30(2)3/h7-9H,5-6,26H2,1-4H3,(H,27,31)(H2,25,28,29)/t19-/m1/s1. The third kappa shape index (κ3) is 6.47. The summed E-state index contributed by atoms with van der Waals surface area (Å²) < 4.78 is 45.6.